The van der Waals surface area contributed by atoms with E-state index in [0.717, 1.165) is 33.8 Å². The predicted octanol–water partition coefficient (Wildman–Crippen LogP) is 3.13. The second-order valence-corrected chi connectivity index (χ2v) is 6.96. The molecule has 7 heteroatoms. The molecule has 0 spiro atoms. The Morgan fingerprint density at radius 2 is 1.96 bits per heavy atom. The zero-order chi connectivity index (χ0) is 18.5. The molecule has 0 saturated carbocycles. The first-order chi connectivity index (χ1) is 13.1. The standard InChI is InChI=1S/C20H17F2N5/c1-26-9-14(8-25-26)16-6-17-13(4-18(16)22)7-24-20(17)12-2-3-23-19(5-12)27-10-15(21)11-27/h2-6,8-9,15H,7,10-11H2,1H3. The van der Waals surface area contributed by atoms with Crippen LogP contribution in [-0.4, -0.2) is 39.7 Å². The van der Waals surface area contributed by atoms with Crippen molar-refractivity contribution in [2.75, 3.05) is 18.0 Å². The number of fused-ring (bicyclic) bond motifs is 1. The molecule has 3 aromatic rings. The van der Waals surface area contributed by atoms with Gasteiger partial charge in [-0.2, -0.15) is 5.10 Å². The van der Waals surface area contributed by atoms with Gasteiger partial charge in [0.05, 0.1) is 31.5 Å². The van der Waals surface area contributed by atoms with Gasteiger partial charge in [-0.25, -0.2) is 13.8 Å². The van der Waals surface area contributed by atoms with Crippen molar-refractivity contribution in [3.05, 3.63) is 65.4 Å². The normalized spacial score (nSPS) is 16.3. The van der Waals surface area contributed by atoms with Crippen LogP contribution in [0.15, 0.2) is 47.8 Å². The molecule has 0 bridgehead atoms. The van der Waals surface area contributed by atoms with E-state index in [-0.39, 0.29) is 5.82 Å². The van der Waals surface area contributed by atoms with Gasteiger partial charge in [-0.15, -0.1) is 0 Å². The van der Waals surface area contributed by atoms with Crippen molar-refractivity contribution in [3.63, 3.8) is 0 Å². The van der Waals surface area contributed by atoms with E-state index in [1.165, 1.54) is 0 Å². The van der Waals surface area contributed by atoms with Crippen LogP contribution in [0.1, 0.15) is 16.7 Å². The summed E-state index contributed by atoms with van der Waals surface area (Å²) in [4.78, 5) is 10.9. The molecule has 136 valence electrons. The maximum absolute atomic E-state index is 14.6. The van der Waals surface area contributed by atoms with Crippen LogP contribution in [0.2, 0.25) is 0 Å². The number of nitrogens with zero attached hydrogens (tertiary/aromatic N) is 5. The topological polar surface area (TPSA) is 46.3 Å². The molecule has 0 radical (unpaired) electrons. The van der Waals surface area contributed by atoms with E-state index in [1.807, 2.05) is 23.1 Å². The number of halogens is 2. The minimum Gasteiger partial charge on any atom is -0.351 e. The highest BCUT2D eigenvalue weighted by molar-refractivity contribution is 6.15. The summed E-state index contributed by atoms with van der Waals surface area (Å²) in [6.07, 6.45) is 4.36. The molecular formula is C20H17F2N5. The van der Waals surface area contributed by atoms with Crippen molar-refractivity contribution >= 4 is 11.5 Å². The van der Waals surface area contributed by atoms with E-state index in [4.69, 9.17) is 0 Å². The van der Waals surface area contributed by atoms with Gasteiger partial charge in [0.1, 0.15) is 17.8 Å². The Kier molecular flexibility index (Phi) is 3.56. The molecule has 0 aliphatic carbocycles. The van der Waals surface area contributed by atoms with Crippen LogP contribution in [0.5, 0.6) is 0 Å². The van der Waals surface area contributed by atoms with Crippen LogP contribution in [-0.2, 0) is 13.6 Å². The van der Waals surface area contributed by atoms with E-state index < -0.39 is 6.17 Å². The van der Waals surface area contributed by atoms with Crippen molar-refractivity contribution in [1.82, 2.24) is 14.8 Å². The molecule has 2 aromatic heterocycles. The van der Waals surface area contributed by atoms with Crippen molar-refractivity contribution < 1.29 is 8.78 Å². The average Bonchev–Trinajstić information content (AvgIpc) is 3.24. The van der Waals surface area contributed by atoms with Crippen LogP contribution in [0.25, 0.3) is 11.1 Å². The first kappa shape index (κ1) is 16.1. The summed E-state index contributed by atoms with van der Waals surface area (Å²) in [7, 11) is 1.80. The molecular weight excluding hydrogens is 348 g/mol. The van der Waals surface area contributed by atoms with Crippen molar-refractivity contribution in [2.45, 2.75) is 12.7 Å². The summed E-state index contributed by atoms with van der Waals surface area (Å²) in [5, 5.41) is 4.13. The summed E-state index contributed by atoms with van der Waals surface area (Å²) in [6, 6.07) is 7.21. The van der Waals surface area contributed by atoms with Gasteiger partial charge in [0, 0.05) is 41.7 Å². The van der Waals surface area contributed by atoms with Crippen LogP contribution < -0.4 is 4.90 Å². The highest BCUT2D eigenvalue weighted by Crippen LogP contribution is 2.32. The van der Waals surface area contributed by atoms with E-state index in [1.54, 1.807) is 36.4 Å². The van der Waals surface area contributed by atoms with Gasteiger partial charge in [-0.1, -0.05) is 0 Å². The Balaban J connectivity index is 1.54. The summed E-state index contributed by atoms with van der Waals surface area (Å²) >= 11 is 0. The molecule has 0 atom stereocenters. The second-order valence-electron chi connectivity index (χ2n) is 6.96. The second kappa shape index (κ2) is 5.97. The number of hydrogen-bond acceptors (Lipinski definition) is 4. The Hall–Kier alpha value is -3.09. The maximum atomic E-state index is 14.6. The summed E-state index contributed by atoms with van der Waals surface area (Å²) in [6.45, 7) is 1.19. The third-order valence-corrected chi connectivity index (χ3v) is 5.05. The molecule has 27 heavy (non-hydrogen) atoms. The Bertz CT molecular complexity index is 1070. The number of rotatable bonds is 3. The summed E-state index contributed by atoms with van der Waals surface area (Å²) in [5.74, 6) is 0.468. The number of alkyl halides is 1. The fourth-order valence-corrected chi connectivity index (χ4v) is 3.59. The van der Waals surface area contributed by atoms with Gasteiger partial charge in [-0.05, 0) is 29.8 Å². The molecule has 4 heterocycles. The number of anilines is 1. The fraction of sp³-hybridized carbons (Fsp3) is 0.250. The fourth-order valence-electron chi connectivity index (χ4n) is 3.59. The van der Waals surface area contributed by atoms with Gasteiger partial charge in [0.25, 0.3) is 0 Å². The number of hydrogen-bond donors (Lipinski definition) is 0. The summed E-state index contributed by atoms with van der Waals surface area (Å²) < 4.78 is 29.4. The molecule has 5 nitrogen and oxygen atoms in total. The van der Waals surface area contributed by atoms with Gasteiger partial charge in [0.15, 0.2) is 0 Å². The smallest absolute Gasteiger partial charge is 0.135 e. The van der Waals surface area contributed by atoms with Crippen molar-refractivity contribution in [3.8, 4) is 11.1 Å². The lowest BCUT2D eigenvalue weighted by Gasteiger charge is -2.35. The Morgan fingerprint density at radius 1 is 1.11 bits per heavy atom. The SMILES string of the molecule is Cn1cc(-c2cc3c(cc2F)CN=C3c2ccnc(N3CC(F)C3)c2)cn1. The lowest BCUT2D eigenvalue weighted by Crippen LogP contribution is -2.48. The first-order valence-corrected chi connectivity index (χ1v) is 8.80. The van der Waals surface area contributed by atoms with Crippen molar-refractivity contribution in [2.24, 2.45) is 12.0 Å². The molecule has 1 saturated heterocycles. The molecule has 5 rings (SSSR count). The molecule has 1 aromatic carbocycles. The number of aryl methyl sites for hydroxylation is 1. The molecule has 2 aliphatic rings. The van der Waals surface area contributed by atoms with E-state index in [2.05, 4.69) is 15.1 Å². The largest absolute Gasteiger partial charge is 0.351 e. The lowest BCUT2D eigenvalue weighted by atomic mass is 9.96. The minimum atomic E-state index is -0.787. The van der Waals surface area contributed by atoms with E-state index >= 15 is 0 Å². The summed E-state index contributed by atoms with van der Waals surface area (Å²) in [5.41, 5.74) is 4.74. The van der Waals surface area contributed by atoms with Gasteiger partial charge < -0.3 is 4.90 Å². The number of aliphatic imine (C=N–C) groups is 1. The average molecular weight is 365 g/mol. The predicted molar refractivity (Wildman–Crippen MR) is 99.3 cm³/mol. The molecule has 0 N–H and O–H groups in total. The van der Waals surface area contributed by atoms with Crippen LogP contribution in [0, 0.1) is 5.82 Å². The zero-order valence-corrected chi connectivity index (χ0v) is 14.7. The molecule has 0 unspecified atom stereocenters. The molecule has 1 fully saturated rings. The van der Waals surface area contributed by atoms with E-state index in [9.17, 15) is 8.78 Å². The highest BCUT2D eigenvalue weighted by atomic mass is 19.1. The zero-order valence-electron chi connectivity index (χ0n) is 14.7. The monoisotopic (exact) mass is 365 g/mol. The van der Waals surface area contributed by atoms with Gasteiger partial charge in [-0.3, -0.25) is 9.67 Å². The van der Waals surface area contributed by atoms with Gasteiger partial charge >= 0.3 is 0 Å². The molecule has 0 amide bonds. The molecule has 2 aliphatic heterocycles. The Labute approximate surface area is 155 Å². The van der Waals surface area contributed by atoms with Crippen molar-refractivity contribution in [1.29, 1.82) is 0 Å². The minimum absolute atomic E-state index is 0.275. The number of aromatic nitrogens is 3. The maximum Gasteiger partial charge on any atom is 0.135 e. The van der Waals surface area contributed by atoms with Crippen LogP contribution in [0.4, 0.5) is 14.6 Å². The Morgan fingerprint density at radius 3 is 2.70 bits per heavy atom. The highest BCUT2D eigenvalue weighted by Gasteiger charge is 2.28. The quantitative estimate of drug-likeness (QED) is 0.716. The number of benzene rings is 1. The third kappa shape index (κ3) is 2.70. The van der Waals surface area contributed by atoms with Crippen LogP contribution >= 0.6 is 0 Å². The van der Waals surface area contributed by atoms with Gasteiger partial charge in [0.2, 0.25) is 0 Å². The first-order valence-electron chi connectivity index (χ1n) is 8.80. The van der Waals surface area contributed by atoms with E-state index in [0.29, 0.717) is 25.2 Å². The number of pyridine rings is 1. The third-order valence-electron chi connectivity index (χ3n) is 5.05. The lowest BCUT2D eigenvalue weighted by molar-refractivity contribution is 0.273. The van der Waals surface area contributed by atoms with Crippen LogP contribution in [0.3, 0.4) is 0 Å².